The molecule has 5 nitrogen and oxygen atoms in total. The molecular weight excluding hydrogens is 408 g/mol. The van der Waals surface area contributed by atoms with Crippen molar-refractivity contribution < 1.29 is 4.42 Å². The first-order valence-electron chi connectivity index (χ1n) is 11.2. The summed E-state index contributed by atoms with van der Waals surface area (Å²) < 4.78 is 6.39. The van der Waals surface area contributed by atoms with E-state index in [0.717, 1.165) is 49.8 Å². The third-order valence-electron chi connectivity index (χ3n) is 5.88. The first-order chi connectivity index (χ1) is 15.8. The van der Waals surface area contributed by atoms with Crippen molar-refractivity contribution >= 4 is 28.0 Å². The maximum absolute atomic E-state index is 6.39. The fourth-order valence-electron chi connectivity index (χ4n) is 4.11. The van der Waals surface area contributed by atoms with Crippen molar-refractivity contribution in [3.8, 4) is 11.3 Å². The highest BCUT2D eigenvalue weighted by Gasteiger charge is 2.14. The molecule has 33 heavy (non-hydrogen) atoms. The van der Waals surface area contributed by atoms with Crippen molar-refractivity contribution in [3.05, 3.63) is 88.8 Å². The second kappa shape index (κ2) is 7.93. The van der Waals surface area contributed by atoms with E-state index in [9.17, 15) is 0 Å². The number of aromatic amines is 1. The van der Waals surface area contributed by atoms with Crippen LogP contribution in [0.3, 0.4) is 0 Å². The maximum atomic E-state index is 6.39. The second-order valence-corrected chi connectivity index (χ2v) is 9.61. The number of imidazole rings is 1. The SMILES string of the molecule is Cc1cc(C)c2oc(-c3ccc(C(C)(C)C)cc3)cc(=NNc3nc4ccccc4[nH]3)c2c1. The van der Waals surface area contributed by atoms with Gasteiger partial charge in [0.2, 0.25) is 5.95 Å². The summed E-state index contributed by atoms with van der Waals surface area (Å²) in [6.45, 7) is 10.8. The molecule has 0 saturated carbocycles. The number of hydrogen-bond donors (Lipinski definition) is 2. The lowest BCUT2D eigenvalue weighted by molar-refractivity contribution is 0.589. The smallest absolute Gasteiger partial charge is 0.222 e. The minimum absolute atomic E-state index is 0.101. The van der Waals surface area contributed by atoms with Crippen LogP contribution < -0.4 is 10.8 Å². The lowest BCUT2D eigenvalue weighted by Crippen LogP contribution is -2.11. The van der Waals surface area contributed by atoms with E-state index in [1.165, 1.54) is 5.56 Å². The zero-order valence-electron chi connectivity index (χ0n) is 19.7. The summed E-state index contributed by atoms with van der Waals surface area (Å²) in [5.74, 6) is 1.38. The number of rotatable bonds is 3. The van der Waals surface area contributed by atoms with Gasteiger partial charge in [-0.3, -0.25) is 0 Å². The number of aromatic nitrogens is 2. The van der Waals surface area contributed by atoms with Crippen LogP contribution >= 0.6 is 0 Å². The molecule has 2 aromatic heterocycles. The first kappa shape index (κ1) is 21.0. The predicted octanol–water partition coefficient (Wildman–Crippen LogP) is 6.82. The van der Waals surface area contributed by atoms with Gasteiger partial charge in [-0.1, -0.05) is 63.2 Å². The van der Waals surface area contributed by atoms with Crippen LogP contribution in [0, 0.1) is 13.8 Å². The zero-order valence-corrected chi connectivity index (χ0v) is 19.7. The molecule has 2 N–H and O–H groups in total. The third kappa shape index (κ3) is 4.14. The number of nitrogens with one attached hydrogen (secondary N) is 2. The van der Waals surface area contributed by atoms with E-state index in [1.807, 2.05) is 30.3 Å². The van der Waals surface area contributed by atoms with Crippen LogP contribution in [0.4, 0.5) is 5.95 Å². The van der Waals surface area contributed by atoms with E-state index in [2.05, 4.69) is 86.4 Å². The van der Waals surface area contributed by atoms with E-state index in [4.69, 9.17) is 9.52 Å². The predicted molar refractivity (Wildman–Crippen MR) is 135 cm³/mol. The monoisotopic (exact) mass is 436 g/mol. The minimum Gasteiger partial charge on any atom is -0.456 e. The van der Waals surface area contributed by atoms with E-state index in [-0.39, 0.29) is 5.41 Å². The fraction of sp³-hybridized carbons (Fsp3) is 0.214. The highest BCUT2D eigenvalue weighted by atomic mass is 16.3. The molecule has 0 aliphatic heterocycles. The molecule has 2 heterocycles. The van der Waals surface area contributed by atoms with Crippen molar-refractivity contribution in [2.75, 3.05) is 5.43 Å². The van der Waals surface area contributed by atoms with Gasteiger partial charge in [-0.25, -0.2) is 10.4 Å². The molecule has 0 spiro atoms. The molecule has 0 bridgehead atoms. The maximum Gasteiger partial charge on any atom is 0.222 e. The Labute approximate surface area is 193 Å². The molecule has 0 radical (unpaired) electrons. The number of nitrogens with zero attached hydrogens (tertiary/aromatic N) is 2. The van der Waals surface area contributed by atoms with Crippen molar-refractivity contribution in [1.82, 2.24) is 9.97 Å². The third-order valence-corrected chi connectivity index (χ3v) is 5.88. The molecule has 5 aromatic rings. The van der Waals surface area contributed by atoms with Gasteiger partial charge in [-0.15, -0.1) is 0 Å². The Kier molecular flexibility index (Phi) is 5.05. The number of para-hydroxylation sites is 2. The van der Waals surface area contributed by atoms with Crippen molar-refractivity contribution in [2.24, 2.45) is 5.10 Å². The minimum atomic E-state index is 0.101. The molecule has 0 aliphatic carbocycles. The molecule has 0 unspecified atom stereocenters. The van der Waals surface area contributed by atoms with Gasteiger partial charge in [0.1, 0.15) is 11.3 Å². The van der Waals surface area contributed by atoms with Gasteiger partial charge in [0.15, 0.2) is 0 Å². The Morgan fingerprint density at radius 2 is 1.70 bits per heavy atom. The first-order valence-corrected chi connectivity index (χ1v) is 11.2. The highest BCUT2D eigenvalue weighted by Crippen LogP contribution is 2.28. The number of anilines is 1. The normalized spacial score (nSPS) is 12.6. The number of hydrogen-bond acceptors (Lipinski definition) is 4. The zero-order chi connectivity index (χ0) is 23.2. The molecule has 0 aliphatic rings. The van der Waals surface area contributed by atoms with Crippen LogP contribution in [0.15, 0.2) is 76.2 Å². The van der Waals surface area contributed by atoms with Crippen LogP contribution in [-0.4, -0.2) is 9.97 Å². The average molecular weight is 437 g/mol. The summed E-state index contributed by atoms with van der Waals surface area (Å²) in [6, 6.07) is 22.7. The Morgan fingerprint density at radius 3 is 2.42 bits per heavy atom. The van der Waals surface area contributed by atoms with E-state index in [0.29, 0.717) is 5.95 Å². The number of aryl methyl sites for hydroxylation is 2. The number of benzene rings is 3. The average Bonchev–Trinajstić information content (AvgIpc) is 3.20. The Bertz CT molecular complexity index is 1500. The van der Waals surface area contributed by atoms with Crippen LogP contribution in [-0.2, 0) is 5.41 Å². The summed E-state index contributed by atoms with van der Waals surface area (Å²) in [5, 5.41) is 6.49. The van der Waals surface area contributed by atoms with Crippen molar-refractivity contribution in [3.63, 3.8) is 0 Å². The van der Waals surface area contributed by atoms with Gasteiger partial charge in [0.05, 0.1) is 16.4 Å². The fourth-order valence-corrected chi connectivity index (χ4v) is 4.11. The van der Waals surface area contributed by atoms with Crippen LogP contribution in [0.5, 0.6) is 0 Å². The largest absolute Gasteiger partial charge is 0.456 e. The Morgan fingerprint density at radius 1 is 0.939 bits per heavy atom. The molecule has 3 aromatic carbocycles. The molecule has 0 saturated heterocycles. The van der Waals surface area contributed by atoms with Gasteiger partial charge >= 0.3 is 0 Å². The summed E-state index contributed by atoms with van der Waals surface area (Å²) in [7, 11) is 0. The van der Waals surface area contributed by atoms with Gasteiger partial charge < -0.3 is 9.40 Å². The number of H-pyrrole nitrogens is 1. The van der Waals surface area contributed by atoms with E-state index < -0.39 is 0 Å². The molecule has 5 heteroatoms. The topological polar surface area (TPSA) is 66.2 Å². The summed E-state index contributed by atoms with van der Waals surface area (Å²) >= 11 is 0. The molecule has 0 amide bonds. The summed E-state index contributed by atoms with van der Waals surface area (Å²) in [4.78, 5) is 7.84. The lowest BCUT2D eigenvalue weighted by atomic mass is 9.86. The van der Waals surface area contributed by atoms with Gasteiger partial charge in [-0.2, -0.15) is 5.10 Å². The molecular formula is C28H28N4O. The van der Waals surface area contributed by atoms with Crippen LogP contribution in [0.25, 0.3) is 33.3 Å². The Balaban J connectivity index is 1.64. The van der Waals surface area contributed by atoms with E-state index in [1.54, 1.807) is 0 Å². The quantitative estimate of drug-likeness (QED) is 0.305. The standard InChI is InChI=1S/C28H28N4O/c1-17-14-18(2)26-21(15-17)24(31-32-27-29-22-8-6-7-9-23(22)30-27)16-25(33-26)19-10-12-20(13-11-19)28(3,4)5/h6-16H,1-5H3,(H2,29,30,32). The highest BCUT2D eigenvalue weighted by molar-refractivity contribution is 5.82. The van der Waals surface area contributed by atoms with Gasteiger partial charge in [-0.05, 0) is 54.2 Å². The van der Waals surface area contributed by atoms with Crippen LogP contribution in [0.1, 0.15) is 37.5 Å². The van der Waals surface area contributed by atoms with Gasteiger partial charge in [0, 0.05) is 17.0 Å². The number of fused-ring (bicyclic) bond motifs is 2. The molecule has 5 rings (SSSR count). The van der Waals surface area contributed by atoms with Crippen molar-refractivity contribution in [2.45, 2.75) is 40.0 Å². The van der Waals surface area contributed by atoms with Gasteiger partial charge in [0.25, 0.3) is 0 Å². The second-order valence-electron chi connectivity index (χ2n) is 9.61. The van der Waals surface area contributed by atoms with Crippen molar-refractivity contribution in [1.29, 1.82) is 0 Å². The Hall–Kier alpha value is -3.86. The molecule has 0 atom stereocenters. The summed E-state index contributed by atoms with van der Waals surface area (Å²) in [5.41, 5.74) is 10.5. The van der Waals surface area contributed by atoms with Crippen LogP contribution in [0.2, 0.25) is 0 Å². The van der Waals surface area contributed by atoms with E-state index >= 15 is 0 Å². The lowest BCUT2D eigenvalue weighted by Gasteiger charge is -2.19. The molecule has 166 valence electrons. The molecule has 0 fully saturated rings. The summed E-state index contributed by atoms with van der Waals surface area (Å²) in [6.07, 6.45) is 0.